The van der Waals surface area contributed by atoms with Gasteiger partial charge < -0.3 is 10.6 Å². The minimum Gasteiger partial charge on any atom is -0.367 e. The van der Waals surface area contributed by atoms with Crippen molar-refractivity contribution in [3.8, 4) is 6.07 Å². The maximum Gasteiger partial charge on any atom is 0.223 e. The highest BCUT2D eigenvalue weighted by Gasteiger charge is 2.29. The van der Waals surface area contributed by atoms with Crippen molar-refractivity contribution in [2.45, 2.75) is 38.5 Å². The molecule has 0 bridgehead atoms. The van der Waals surface area contributed by atoms with Gasteiger partial charge in [0.2, 0.25) is 5.91 Å². The molecule has 21 heavy (non-hydrogen) atoms. The van der Waals surface area contributed by atoms with E-state index in [2.05, 4.69) is 21.7 Å². The molecular weight excluding hydrogens is 264 g/mol. The molecule has 1 heterocycles. The zero-order valence-electron chi connectivity index (χ0n) is 12.1. The number of fused-ring (bicyclic) bond motifs is 1. The van der Waals surface area contributed by atoms with Gasteiger partial charge in [-0.25, -0.2) is 4.98 Å². The number of pyridine rings is 1. The molecule has 1 aromatic rings. The standard InChI is InChI=1S/C16H20N4O/c17-10-13-9-12-3-1-2-4-14(12)20-15(13)18-7-8-19-16(21)11-5-6-11/h9,11H,1-8H2,(H,18,20)(H,19,21). The summed E-state index contributed by atoms with van der Waals surface area (Å²) in [5, 5.41) is 15.3. The van der Waals surface area contributed by atoms with Gasteiger partial charge in [-0.2, -0.15) is 5.26 Å². The van der Waals surface area contributed by atoms with Crippen molar-refractivity contribution in [1.29, 1.82) is 5.26 Å². The molecule has 3 rings (SSSR count). The van der Waals surface area contributed by atoms with Crippen LogP contribution in [0.4, 0.5) is 5.82 Å². The summed E-state index contributed by atoms with van der Waals surface area (Å²) >= 11 is 0. The van der Waals surface area contributed by atoms with Crippen LogP contribution in [0.25, 0.3) is 0 Å². The lowest BCUT2D eigenvalue weighted by Gasteiger charge is -2.17. The van der Waals surface area contributed by atoms with Crippen LogP contribution in [0.5, 0.6) is 0 Å². The lowest BCUT2D eigenvalue weighted by atomic mass is 9.95. The van der Waals surface area contributed by atoms with Gasteiger partial charge in [0.1, 0.15) is 11.9 Å². The minimum absolute atomic E-state index is 0.149. The number of hydrogen-bond acceptors (Lipinski definition) is 4. The Morgan fingerprint density at radius 2 is 2.14 bits per heavy atom. The van der Waals surface area contributed by atoms with Crippen molar-refractivity contribution in [2.75, 3.05) is 18.4 Å². The number of nitrogens with zero attached hydrogens (tertiary/aromatic N) is 2. The Bertz CT molecular complexity index is 587. The number of nitriles is 1. The molecule has 5 heteroatoms. The molecule has 0 unspecified atom stereocenters. The van der Waals surface area contributed by atoms with Crippen LogP contribution in [-0.2, 0) is 17.6 Å². The molecule has 2 N–H and O–H groups in total. The third kappa shape index (κ3) is 3.33. The van der Waals surface area contributed by atoms with E-state index >= 15 is 0 Å². The lowest BCUT2D eigenvalue weighted by Crippen LogP contribution is -2.30. The lowest BCUT2D eigenvalue weighted by molar-refractivity contribution is -0.122. The quantitative estimate of drug-likeness (QED) is 0.808. The number of hydrogen-bond donors (Lipinski definition) is 2. The third-order valence-corrected chi connectivity index (χ3v) is 4.09. The zero-order chi connectivity index (χ0) is 14.7. The Kier molecular flexibility index (Phi) is 4.05. The average Bonchev–Trinajstić information content (AvgIpc) is 3.35. The average molecular weight is 284 g/mol. The number of aryl methyl sites for hydroxylation is 2. The molecule has 1 fully saturated rings. The number of nitrogens with one attached hydrogen (secondary N) is 2. The minimum atomic E-state index is 0.149. The van der Waals surface area contributed by atoms with E-state index in [0.29, 0.717) is 24.5 Å². The van der Waals surface area contributed by atoms with Gasteiger partial charge in [-0.15, -0.1) is 0 Å². The molecule has 1 saturated carbocycles. The van der Waals surface area contributed by atoms with Gasteiger partial charge in [-0.05, 0) is 50.2 Å². The molecule has 0 saturated heterocycles. The van der Waals surface area contributed by atoms with Crippen molar-refractivity contribution in [3.63, 3.8) is 0 Å². The van der Waals surface area contributed by atoms with Gasteiger partial charge in [-0.3, -0.25) is 4.79 Å². The van der Waals surface area contributed by atoms with Crippen molar-refractivity contribution in [3.05, 3.63) is 22.9 Å². The molecule has 0 aliphatic heterocycles. The molecule has 0 atom stereocenters. The first-order chi connectivity index (χ1) is 10.3. The number of rotatable bonds is 5. The molecule has 1 aromatic heterocycles. The van der Waals surface area contributed by atoms with Crippen LogP contribution >= 0.6 is 0 Å². The Morgan fingerprint density at radius 3 is 2.90 bits per heavy atom. The predicted molar refractivity (Wildman–Crippen MR) is 79.8 cm³/mol. The first-order valence-corrected chi connectivity index (χ1v) is 7.72. The second-order valence-corrected chi connectivity index (χ2v) is 5.80. The second-order valence-electron chi connectivity index (χ2n) is 5.80. The van der Waals surface area contributed by atoms with Crippen LogP contribution in [0.2, 0.25) is 0 Å². The highest BCUT2D eigenvalue weighted by molar-refractivity contribution is 5.80. The van der Waals surface area contributed by atoms with Crippen LogP contribution in [-0.4, -0.2) is 24.0 Å². The van der Waals surface area contributed by atoms with Gasteiger partial charge in [0.25, 0.3) is 0 Å². The van der Waals surface area contributed by atoms with Crippen molar-refractivity contribution < 1.29 is 4.79 Å². The second kappa shape index (κ2) is 6.13. The molecule has 110 valence electrons. The molecule has 1 amide bonds. The molecule has 2 aliphatic carbocycles. The van der Waals surface area contributed by atoms with E-state index in [9.17, 15) is 10.1 Å². The molecule has 0 spiro atoms. The highest BCUT2D eigenvalue weighted by Crippen LogP contribution is 2.28. The number of amides is 1. The van der Waals surface area contributed by atoms with E-state index in [1.54, 1.807) is 0 Å². The first kappa shape index (κ1) is 13.9. The van der Waals surface area contributed by atoms with E-state index in [0.717, 1.165) is 31.4 Å². The molecular formula is C16H20N4O. The largest absolute Gasteiger partial charge is 0.367 e. The van der Waals surface area contributed by atoms with Gasteiger partial charge >= 0.3 is 0 Å². The van der Waals surface area contributed by atoms with Crippen molar-refractivity contribution >= 4 is 11.7 Å². The summed E-state index contributed by atoms with van der Waals surface area (Å²) in [6.07, 6.45) is 6.40. The van der Waals surface area contributed by atoms with Gasteiger partial charge in [0.15, 0.2) is 0 Å². The summed E-state index contributed by atoms with van der Waals surface area (Å²) in [7, 11) is 0. The Morgan fingerprint density at radius 1 is 1.33 bits per heavy atom. The van der Waals surface area contributed by atoms with Crippen LogP contribution in [0, 0.1) is 17.2 Å². The summed E-state index contributed by atoms with van der Waals surface area (Å²) in [6, 6.07) is 4.18. The monoisotopic (exact) mass is 284 g/mol. The smallest absolute Gasteiger partial charge is 0.223 e. The summed E-state index contributed by atoms with van der Waals surface area (Å²) in [4.78, 5) is 16.1. The number of aromatic nitrogens is 1. The fourth-order valence-electron chi connectivity index (χ4n) is 2.71. The molecule has 5 nitrogen and oxygen atoms in total. The fourth-order valence-corrected chi connectivity index (χ4v) is 2.71. The molecule has 0 aromatic carbocycles. The fraction of sp³-hybridized carbons (Fsp3) is 0.562. The van der Waals surface area contributed by atoms with E-state index in [1.165, 1.54) is 18.4 Å². The highest BCUT2D eigenvalue weighted by atomic mass is 16.2. The van der Waals surface area contributed by atoms with Crippen molar-refractivity contribution in [2.24, 2.45) is 5.92 Å². The summed E-state index contributed by atoms with van der Waals surface area (Å²) in [5.41, 5.74) is 2.93. The first-order valence-electron chi connectivity index (χ1n) is 7.72. The molecule has 0 radical (unpaired) electrons. The normalized spacial score (nSPS) is 16.7. The number of anilines is 1. The number of carbonyl (C=O) groups excluding carboxylic acids is 1. The van der Waals surface area contributed by atoms with E-state index in [1.807, 2.05) is 6.07 Å². The molecule has 2 aliphatic rings. The summed E-state index contributed by atoms with van der Waals surface area (Å²) in [6.45, 7) is 1.16. The maximum atomic E-state index is 11.5. The van der Waals surface area contributed by atoms with Crippen LogP contribution in [0.1, 0.15) is 42.5 Å². The summed E-state index contributed by atoms with van der Waals surface area (Å²) in [5.74, 6) is 1.04. The van der Waals surface area contributed by atoms with E-state index in [4.69, 9.17) is 0 Å². The van der Waals surface area contributed by atoms with Crippen LogP contribution in [0.3, 0.4) is 0 Å². The zero-order valence-corrected chi connectivity index (χ0v) is 12.1. The predicted octanol–water partition coefficient (Wildman–Crippen LogP) is 1.77. The Balaban J connectivity index is 1.58. The van der Waals surface area contributed by atoms with Gasteiger partial charge in [-0.1, -0.05) is 0 Å². The maximum absolute atomic E-state index is 11.5. The SMILES string of the molecule is N#Cc1cc2c(nc1NCCNC(=O)C1CC1)CCCC2. The summed E-state index contributed by atoms with van der Waals surface area (Å²) < 4.78 is 0. The van der Waals surface area contributed by atoms with E-state index in [-0.39, 0.29) is 11.8 Å². The Hall–Kier alpha value is -2.09. The van der Waals surface area contributed by atoms with E-state index < -0.39 is 0 Å². The number of carbonyl (C=O) groups is 1. The topological polar surface area (TPSA) is 77.8 Å². The van der Waals surface area contributed by atoms with Gasteiger partial charge in [0.05, 0.1) is 5.56 Å². The van der Waals surface area contributed by atoms with Crippen LogP contribution in [0.15, 0.2) is 6.07 Å². The third-order valence-electron chi connectivity index (χ3n) is 4.09. The Labute approximate surface area is 124 Å². The van der Waals surface area contributed by atoms with Gasteiger partial charge in [0, 0.05) is 24.7 Å². The van der Waals surface area contributed by atoms with Crippen LogP contribution < -0.4 is 10.6 Å². The van der Waals surface area contributed by atoms with Crippen molar-refractivity contribution in [1.82, 2.24) is 10.3 Å².